The zero-order chi connectivity index (χ0) is 12.8. The maximum atomic E-state index is 11.7. The number of carbonyl (C=O) groups excluding carboxylic acids is 2. The van der Waals surface area contributed by atoms with Gasteiger partial charge in [-0.05, 0) is 12.5 Å². The Morgan fingerprint density at radius 3 is 2.28 bits per heavy atom. The van der Waals surface area contributed by atoms with Gasteiger partial charge in [0.2, 0.25) is 11.8 Å². The number of rotatable bonds is 5. The van der Waals surface area contributed by atoms with E-state index in [0.29, 0.717) is 0 Å². The topological polar surface area (TPSA) is 89.4 Å². The highest BCUT2D eigenvalue weighted by molar-refractivity contribution is 5.85. The largest absolute Gasteiger partial charge is 0.368 e. The number of benzene rings is 1. The summed E-state index contributed by atoms with van der Waals surface area (Å²) in [6.45, 7) is 1.59. The summed E-state index contributed by atoms with van der Waals surface area (Å²) < 4.78 is 0. The van der Waals surface area contributed by atoms with Crippen molar-refractivity contribution in [2.75, 3.05) is 13.1 Å². The van der Waals surface area contributed by atoms with Gasteiger partial charge in [0.25, 0.3) is 0 Å². The molecule has 0 aliphatic heterocycles. The molecule has 0 aliphatic carbocycles. The van der Waals surface area contributed by atoms with Gasteiger partial charge in [0, 0.05) is 0 Å². The molecule has 0 unspecified atom stereocenters. The minimum absolute atomic E-state index is 0. The second-order valence-electron chi connectivity index (χ2n) is 3.78. The fraction of sp³-hybridized carbons (Fsp3) is 0.333. The van der Waals surface area contributed by atoms with E-state index in [0.717, 1.165) is 5.56 Å². The first kappa shape index (κ1) is 16.4. The predicted octanol–water partition coefficient (Wildman–Crippen LogP) is 0.442. The highest BCUT2D eigenvalue weighted by atomic mass is 35.5. The van der Waals surface area contributed by atoms with Gasteiger partial charge >= 0.3 is 0 Å². The van der Waals surface area contributed by atoms with E-state index in [1.165, 1.54) is 4.90 Å². The van der Waals surface area contributed by atoms with Crippen LogP contribution in [0.3, 0.4) is 0 Å². The molecule has 5 nitrogen and oxygen atoms in total. The molecule has 6 heteroatoms. The first-order valence-corrected chi connectivity index (χ1v) is 5.39. The molecule has 2 amide bonds. The lowest BCUT2D eigenvalue weighted by Crippen LogP contribution is -2.43. The van der Waals surface area contributed by atoms with E-state index in [1.807, 2.05) is 37.3 Å². The average molecular weight is 272 g/mol. The Hall–Kier alpha value is -1.59. The number of nitrogens with zero attached hydrogens (tertiary/aromatic N) is 1. The van der Waals surface area contributed by atoms with Crippen molar-refractivity contribution in [2.45, 2.75) is 13.0 Å². The Morgan fingerprint density at radius 1 is 1.28 bits per heavy atom. The van der Waals surface area contributed by atoms with E-state index in [2.05, 4.69) is 0 Å². The molecule has 100 valence electrons. The van der Waals surface area contributed by atoms with E-state index in [4.69, 9.17) is 11.5 Å². The summed E-state index contributed by atoms with van der Waals surface area (Å²) in [4.78, 5) is 24.0. The van der Waals surface area contributed by atoms with Crippen LogP contribution in [0.4, 0.5) is 0 Å². The number of carbonyl (C=O) groups is 2. The predicted molar refractivity (Wildman–Crippen MR) is 72.1 cm³/mol. The molecule has 18 heavy (non-hydrogen) atoms. The number of halogens is 1. The van der Waals surface area contributed by atoms with Gasteiger partial charge in [-0.1, -0.05) is 30.3 Å². The summed E-state index contributed by atoms with van der Waals surface area (Å²) in [5.41, 5.74) is 11.4. The molecule has 0 saturated carbocycles. The van der Waals surface area contributed by atoms with Crippen LogP contribution in [-0.4, -0.2) is 29.8 Å². The molecule has 0 aromatic heterocycles. The van der Waals surface area contributed by atoms with Crippen LogP contribution in [-0.2, 0) is 9.59 Å². The Bertz CT molecular complexity index is 398. The van der Waals surface area contributed by atoms with Crippen molar-refractivity contribution < 1.29 is 9.59 Å². The monoisotopic (exact) mass is 271 g/mol. The molecule has 1 aromatic rings. The van der Waals surface area contributed by atoms with Crippen LogP contribution in [0, 0.1) is 0 Å². The number of amides is 2. The van der Waals surface area contributed by atoms with E-state index in [1.54, 1.807) is 0 Å². The number of primary amides is 1. The minimum Gasteiger partial charge on any atom is -0.368 e. The Labute approximate surface area is 113 Å². The maximum absolute atomic E-state index is 11.7. The molecule has 0 aliphatic rings. The molecule has 0 saturated heterocycles. The zero-order valence-corrected chi connectivity index (χ0v) is 11.0. The van der Waals surface area contributed by atoms with Gasteiger partial charge < -0.3 is 16.4 Å². The SMILES string of the molecule is C[C@H](c1ccccc1)N(CC(N)=O)C(=O)CN.Cl. The van der Waals surface area contributed by atoms with Crippen molar-refractivity contribution in [1.29, 1.82) is 0 Å². The molecule has 1 atom stereocenters. The molecule has 0 fully saturated rings. The van der Waals surface area contributed by atoms with Gasteiger partial charge in [-0.2, -0.15) is 0 Å². The van der Waals surface area contributed by atoms with Crippen LogP contribution in [0.15, 0.2) is 30.3 Å². The van der Waals surface area contributed by atoms with Crippen LogP contribution < -0.4 is 11.5 Å². The third-order valence-electron chi connectivity index (χ3n) is 2.57. The smallest absolute Gasteiger partial charge is 0.237 e. The fourth-order valence-corrected chi connectivity index (χ4v) is 1.64. The third-order valence-corrected chi connectivity index (χ3v) is 2.57. The van der Waals surface area contributed by atoms with Gasteiger partial charge in [0.05, 0.1) is 19.1 Å². The van der Waals surface area contributed by atoms with Crippen LogP contribution in [0.5, 0.6) is 0 Å². The zero-order valence-electron chi connectivity index (χ0n) is 10.2. The van der Waals surface area contributed by atoms with Crippen LogP contribution in [0.2, 0.25) is 0 Å². The summed E-state index contributed by atoms with van der Waals surface area (Å²) in [5, 5.41) is 0. The highest BCUT2D eigenvalue weighted by Gasteiger charge is 2.21. The molecule has 0 radical (unpaired) electrons. The fourth-order valence-electron chi connectivity index (χ4n) is 1.64. The third kappa shape index (κ3) is 4.35. The Morgan fingerprint density at radius 2 is 1.83 bits per heavy atom. The first-order chi connectivity index (χ1) is 8.06. The van der Waals surface area contributed by atoms with E-state index in [9.17, 15) is 9.59 Å². The summed E-state index contributed by atoms with van der Waals surface area (Å²) in [7, 11) is 0. The quantitative estimate of drug-likeness (QED) is 0.814. The Kier molecular flexibility index (Phi) is 7.00. The molecule has 4 N–H and O–H groups in total. The van der Waals surface area contributed by atoms with Crippen molar-refractivity contribution in [3.63, 3.8) is 0 Å². The second kappa shape index (κ2) is 7.68. The van der Waals surface area contributed by atoms with Crippen LogP contribution in [0.1, 0.15) is 18.5 Å². The van der Waals surface area contributed by atoms with Crippen molar-refractivity contribution in [3.05, 3.63) is 35.9 Å². The van der Waals surface area contributed by atoms with Gasteiger partial charge in [-0.15, -0.1) is 12.4 Å². The van der Waals surface area contributed by atoms with Crippen LogP contribution in [0.25, 0.3) is 0 Å². The van der Waals surface area contributed by atoms with E-state index < -0.39 is 5.91 Å². The number of hydrogen-bond acceptors (Lipinski definition) is 3. The minimum atomic E-state index is -0.547. The molecule has 0 heterocycles. The van der Waals surface area contributed by atoms with Crippen molar-refractivity contribution >= 4 is 24.2 Å². The normalized spacial score (nSPS) is 11.2. The number of nitrogens with two attached hydrogens (primary N) is 2. The molecular weight excluding hydrogens is 254 g/mol. The van der Waals surface area contributed by atoms with Crippen LogP contribution >= 0.6 is 12.4 Å². The molecule has 0 bridgehead atoms. The lowest BCUT2D eigenvalue weighted by Gasteiger charge is -2.28. The average Bonchev–Trinajstić information content (AvgIpc) is 2.35. The number of hydrogen-bond donors (Lipinski definition) is 2. The second-order valence-corrected chi connectivity index (χ2v) is 3.78. The van der Waals surface area contributed by atoms with Gasteiger partial charge in [0.1, 0.15) is 0 Å². The lowest BCUT2D eigenvalue weighted by molar-refractivity contribution is -0.136. The molecule has 0 spiro atoms. The van der Waals surface area contributed by atoms with Gasteiger partial charge in [-0.25, -0.2) is 0 Å². The highest BCUT2D eigenvalue weighted by Crippen LogP contribution is 2.19. The van der Waals surface area contributed by atoms with Crippen molar-refractivity contribution in [1.82, 2.24) is 4.90 Å². The van der Waals surface area contributed by atoms with E-state index in [-0.39, 0.29) is 37.4 Å². The van der Waals surface area contributed by atoms with Crippen molar-refractivity contribution in [3.8, 4) is 0 Å². The lowest BCUT2D eigenvalue weighted by atomic mass is 10.1. The molecule has 1 aromatic carbocycles. The molecular formula is C12H18ClN3O2. The Balaban J connectivity index is 0.00000289. The summed E-state index contributed by atoms with van der Waals surface area (Å²) in [6.07, 6.45) is 0. The van der Waals surface area contributed by atoms with E-state index >= 15 is 0 Å². The standard InChI is InChI=1S/C12H17N3O2.ClH/c1-9(10-5-3-2-4-6-10)15(8-11(14)16)12(17)7-13;/h2-6,9H,7-8,13H2,1H3,(H2,14,16);1H/t9-;/m1./s1. The van der Waals surface area contributed by atoms with Crippen molar-refractivity contribution in [2.24, 2.45) is 11.5 Å². The molecule has 1 rings (SSSR count). The van der Waals surface area contributed by atoms with Gasteiger partial charge in [-0.3, -0.25) is 9.59 Å². The van der Waals surface area contributed by atoms with Gasteiger partial charge in [0.15, 0.2) is 0 Å². The summed E-state index contributed by atoms with van der Waals surface area (Å²) in [5.74, 6) is -0.838. The first-order valence-electron chi connectivity index (χ1n) is 5.39. The summed E-state index contributed by atoms with van der Waals surface area (Å²) >= 11 is 0. The maximum Gasteiger partial charge on any atom is 0.237 e. The summed E-state index contributed by atoms with van der Waals surface area (Å²) in [6, 6.07) is 9.20.